The van der Waals surface area contributed by atoms with Gasteiger partial charge in [0.1, 0.15) is 0 Å². The molecule has 2 rings (SSSR count). The van der Waals surface area contributed by atoms with Gasteiger partial charge in [-0.3, -0.25) is 0 Å². The number of aryl methyl sites for hydroxylation is 2. The van der Waals surface area contributed by atoms with Crippen LogP contribution in [0.1, 0.15) is 90.5 Å². The maximum atomic E-state index is 5.04. The maximum Gasteiger partial charge on any atom is -0.00516 e. The van der Waals surface area contributed by atoms with Crippen LogP contribution in [-0.2, 0) is 23.7 Å². The van der Waals surface area contributed by atoms with Gasteiger partial charge >= 0.3 is 180 Å². The Kier molecular flexibility index (Phi) is 14.1. The summed E-state index contributed by atoms with van der Waals surface area (Å²) in [6.45, 7) is 20.3. The van der Waals surface area contributed by atoms with Crippen molar-refractivity contribution in [3.05, 3.63) is 70.8 Å². The fourth-order valence-electron chi connectivity index (χ4n) is 3.54. The number of nitrogens with one attached hydrogen (secondary N) is 1. The van der Waals surface area contributed by atoms with E-state index in [0.717, 1.165) is 25.2 Å². The second kappa shape index (κ2) is 15.1. The fourth-order valence-corrected chi connectivity index (χ4v) is 6.73. The summed E-state index contributed by atoms with van der Waals surface area (Å²) in [7, 11) is 0. The first-order chi connectivity index (χ1) is 15.8. The van der Waals surface area contributed by atoms with Crippen molar-refractivity contribution in [1.82, 2.24) is 5.32 Å². The standard InChI is InChI=1S/C24H35PSSe.C6H15N/c1-23(2,3)21-11-7-19(8-12-21)15-17-25(26,27)18-16-20-9-13-22(14-10-20)24(4,5)6;1-3-5-7-6-4-2/h7-14H,15-18H2,1-6H3,(H,26,27);7H,3-6H2,1-2H3. The molecule has 0 bridgehead atoms. The number of hydrogen-bond donors (Lipinski definition) is 2. The van der Waals surface area contributed by atoms with Gasteiger partial charge < -0.3 is 5.32 Å². The molecule has 2 aromatic carbocycles. The van der Waals surface area contributed by atoms with Gasteiger partial charge in [0, 0.05) is 0 Å². The molecule has 0 amide bonds. The van der Waals surface area contributed by atoms with Crippen LogP contribution in [0.4, 0.5) is 0 Å². The molecule has 192 valence electrons. The molecule has 0 spiro atoms. The summed E-state index contributed by atoms with van der Waals surface area (Å²) >= 11 is 8.48. The molecule has 2 aromatic rings. The van der Waals surface area contributed by atoms with E-state index in [1.807, 2.05) is 0 Å². The molecule has 0 heterocycles. The molecule has 0 fully saturated rings. The van der Waals surface area contributed by atoms with E-state index < -0.39 is 4.71 Å². The molecule has 0 aliphatic heterocycles. The zero-order chi connectivity index (χ0) is 25.8. The van der Waals surface area contributed by atoms with Crippen molar-refractivity contribution in [3.8, 4) is 0 Å². The Balaban J connectivity index is 0.000000718. The van der Waals surface area contributed by atoms with Crippen molar-refractivity contribution in [2.75, 3.05) is 25.4 Å². The Morgan fingerprint density at radius 1 is 0.676 bits per heavy atom. The minimum absolute atomic E-state index is 0.222. The largest absolute Gasteiger partial charge is 0.317 e. The Hall–Kier alpha value is -0.301. The first-order valence-electron chi connectivity index (χ1n) is 13.0. The number of rotatable bonds is 10. The van der Waals surface area contributed by atoms with Gasteiger partial charge in [-0.15, -0.1) is 0 Å². The van der Waals surface area contributed by atoms with Gasteiger partial charge in [0.05, 0.1) is 0 Å². The third kappa shape index (κ3) is 13.1. The number of benzene rings is 2. The van der Waals surface area contributed by atoms with Crippen molar-refractivity contribution in [1.29, 1.82) is 0 Å². The Morgan fingerprint density at radius 2 is 1.00 bits per heavy atom. The smallest absolute Gasteiger partial charge is 0.00516 e. The molecule has 34 heavy (non-hydrogen) atoms. The van der Waals surface area contributed by atoms with E-state index in [1.165, 1.54) is 48.2 Å². The Bertz CT molecular complexity index is 791. The predicted octanol–water partition coefficient (Wildman–Crippen LogP) is 8.41. The van der Waals surface area contributed by atoms with E-state index in [1.54, 1.807) is 0 Å². The molecule has 0 aromatic heterocycles. The first kappa shape index (κ1) is 31.7. The van der Waals surface area contributed by atoms with Crippen molar-refractivity contribution in [3.63, 3.8) is 0 Å². The molecule has 4 heteroatoms. The zero-order valence-electron chi connectivity index (χ0n) is 23.1. The van der Waals surface area contributed by atoms with Gasteiger partial charge in [-0.2, -0.15) is 0 Å². The van der Waals surface area contributed by atoms with E-state index >= 15 is 0 Å². The second-order valence-corrected chi connectivity index (χ2v) is 22.5. The molecule has 0 saturated carbocycles. The summed E-state index contributed by atoms with van der Waals surface area (Å²) in [6.07, 6.45) is 7.03. The molecule has 0 atom stereocenters. The van der Waals surface area contributed by atoms with Crippen molar-refractivity contribution in [2.24, 2.45) is 0 Å². The van der Waals surface area contributed by atoms with E-state index in [4.69, 9.17) is 12.2 Å². The average molecular weight is 567 g/mol. The van der Waals surface area contributed by atoms with E-state index in [0.29, 0.717) is 0 Å². The molecule has 0 saturated heterocycles. The number of hydrogen-bond acceptors (Lipinski definition) is 2. The summed E-state index contributed by atoms with van der Waals surface area (Å²) in [5.74, 6) is 0. The number of thiol groups is 1. The molecule has 0 unspecified atom stereocenters. The van der Waals surface area contributed by atoms with Crippen LogP contribution >= 0.6 is 17.0 Å². The van der Waals surface area contributed by atoms with Crippen LogP contribution in [0, 0.1) is 0 Å². The van der Waals surface area contributed by atoms with Crippen LogP contribution < -0.4 is 5.32 Å². The predicted molar refractivity (Wildman–Crippen MR) is 163 cm³/mol. The Morgan fingerprint density at radius 3 is 1.26 bits per heavy atom. The molecule has 1 N–H and O–H groups in total. The van der Waals surface area contributed by atoms with Crippen LogP contribution in [-0.4, -0.2) is 40.5 Å². The van der Waals surface area contributed by atoms with Crippen LogP contribution in [0.5, 0.6) is 0 Å². The van der Waals surface area contributed by atoms with E-state index in [2.05, 4.69) is 124 Å². The van der Waals surface area contributed by atoms with Gasteiger partial charge in [0.15, 0.2) is 0 Å². The normalized spacial score (nSPS) is 12.3. The third-order valence-electron chi connectivity index (χ3n) is 5.99. The minimum atomic E-state index is -1.29. The van der Waals surface area contributed by atoms with E-state index in [9.17, 15) is 0 Å². The third-order valence-corrected chi connectivity index (χ3v) is 11.3. The van der Waals surface area contributed by atoms with Crippen molar-refractivity contribution >= 4 is 32.1 Å². The SMILES string of the molecule is CC(C)(C)c1ccc(CCP(S)(=[Se])CCc2ccc(C(C)(C)C)cc2)cc1.CCCNCCC. The van der Waals surface area contributed by atoms with Gasteiger partial charge in [-0.25, -0.2) is 0 Å². The van der Waals surface area contributed by atoms with Crippen LogP contribution in [0.3, 0.4) is 0 Å². The van der Waals surface area contributed by atoms with Crippen LogP contribution in [0.25, 0.3) is 0 Å². The molecule has 0 aliphatic rings. The summed E-state index contributed by atoms with van der Waals surface area (Å²) in [4.78, 5) is 0. The fraction of sp³-hybridized carbons (Fsp3) is 0.600. The van der Waals surface area contributed by atoms with E-state index in [-0.39, 0.29) is 10.8 Å². The summed E-state index contributed by atoms with van der Waals surface area (Å²) in [5.41, 5.74) is 6.09. The van der Waals surface area contributed by atoms with Gasteiger partial charge in [-0.1, -0.05) is 13.8 Å². The maximum absolute atomic E-state index is 5.04. The van der Waals surface area contributed by atoms with Gasteiger partial charge in [0.2, 0.25) is 0 Å². The van der Waals surface area contributed by atoms with Crippen molar-refractivity contribution in [2.45, 2.75) is 91.9 Å². The minimum Gasteiger partial charge on any atom is -0.317 e. The quantitative estimate of drug-likeness (QED) is 0.127. The monoisotopic (exact) mass is 567 g/mol. The van der Waals surface area contributed by atoms with Crippen molar-refractivity contribution < 1.29 is 0 Å². The summed E-state index contributed by atoms with van der Waals surface area (Å²) in [5, 5.41) is 3.28. The van der Waals surface area contributed by atoms with Gasteiger partial charge in [-0.05, 0) is 25.9 Å². The summed E-state index contributed by atoms with van der Waals surface area (Å²) < 4.78 is -1.29. The molecule has 0 aliphatic carbocycles. The molecule has 1 nitrogen and oxygen atoms in total. The zero-order valence-corrected chi connectivity index (χ0v) is 26.6. The second-order valence-electron chi connectivity index (χ2n) is 11.4. The molecular formula is C30H50NPSSe. The molecular weight excluding hydrogens is 516 g/mol. The topological polar surface area (TPSA) is 12.0 Å². The summed E-state index contributed by atoms with van der Waals surface area (Å²) in [6, 6.07) is 18.3. The molecule has 0 radical (unpaired) electrons. The average Bonchev–Trinajstić information content (AvgIpc) is 2.77. The van der Waals surface area contributed by atoms with Crippen LogP contribution in [0.2, 0.25) is 0 Å². The van der Waals surface area contributed by atoms with Gasteiger partial charge in [0.25, 0.3) is 0 Å². The Labute approximate surface area is 224 Å². The van der Waals surface area contributed by atoms with Crippen LogP contribution in [0.15, 0.2) is 48.5 Å². The first-order valence-corrected chi connectivity index (χ1v) is 18.5.